The van der Waals surface area contributed by atoms with Gasteiger partial charge in [-0.3, -0.25) is 0 Å². The zero-order chi connectivity index (χ0) is 15.9. The molecule has 0 aliphatic heterocycles. The van der Waals surface area contributed by atoms with E-state index in [4.69, 9.17) is 0 Å². The van der Waals surface area contributed by atoms with Crippen molar-refractivity contribution in [3.05, 3.63) is 0 Å². The fourth-order valence-corrected chi connectivity index (χ4v) is 3.02. The van der Waals surface area contributed by atoms with E-state index >= 15 is 0 Å². The molecule has 0 spiro atoms. The SMILES string of the molecule is CCCCCCCCCCCCCC(CC(C)O)N(C)C.Cl. The van der Waals surface area contributed by atoms with Crippen molar-refractivity contribution in [3.8, 4) is 0 Å². The van der Waals surface area contributed by atoms with E-state index in [0.717, 1.165) is 6.42 Å². The molecule has 0 fully saturated rings. The van der Waals surface area contributed by atoms with Gasteiger partial charge in [-0.05, 0) is 33.9 Å². The van der Waals surface area contributed by atoms with Gasteiger partial charge in [-0.15, -0.1) is 12.4 Å². The summed E-state index contributed by atoms with van der Waals surface area (Å²) in [5, 5.41) is 9.52. The minimum Gasteiger partial charge on any atom is -0.393 e. The standard InChI is InChI=1S/C19H41NO.ClH/c1-5-6-7-8-9-10-11-12-13-14-15-16-19(20(3)4)17-18(2)21;/h18-19,21H,5-17H2,1-4H3;1H. The van der Waals surface area contributed by atoms with Gasteiger partial charge in [-0.2, -0.15) is 0 Å². The second-order valence-electron chi connectivity index (χ2n) is 7.03. The molecule has 1 N–H and O–H groups in total. The van der Waals surface area contributed by atoms with E-state index in [0.29, 0.717) is 6.04 Å². The summed E-state index contributed by atoms with van der Waals surface area (Å²) in [5.41, 5.74) is 0. The number of aliphatic hydroxyl groups is 1. The predicted molar refractivity (Wildman–Crippen MR) is 102 cm³/mol. The monoisotopic (exact) mass is 335 g/mol. The molecule has 2 atom stereocenters. The molecule has 0 bridgehead atoms. The first-order valence-corrected chi connectivity index (χ1v) is 9.42. The summed E-state index contributed by atoms with van der Waals surface area (Å²) in [4.78, 5) is 2.27. The summed E-state index contributed by atoms with van der Waals surface area (Å²) >= 11 is 0. The molecule has 0 aromatic carbocycles. The third-order valence-electron chi connectivity index (χ3n) is 4.48. The van der Waals surface area contributed by atoms with Crippen LogP contribution in [0.25, 0.3) is 0 Å². The molecule has 2 unspecified atom stereocenters. The molecule has 0 aromatic heterocycles. The van der Waals surface area contributed by atoms with Crippen LogP contribution in [0.2, 0.25) is 0 Å². The number of unbranched alkanes of at least 4 members (excludes halogenated alkanes) is 10. The number of nitrogens with zero attached hydrogens (tertiary/aromatic N) is 1. The Morgan fingerprint density at radius 1 is 0.773 bits per heavy atom. The van der Waals surface area contributed by atoms with Gasteiger partial charge < -0.3 is 10.0 Å². The molecule has 0 saturated carbocycles. The summed E-state index contributed by atoms with van der Waals surface area (Å²) in [7, 11) is 4.26. The summed E-state index contributed by atoms with van der Waals surface area (Å²) in [6.07, 6.45) is 17.4. The lowest BCUT2D eigenvalue weighted by Gasteiger charge is -2.25. The van der Waals surface area contributed by atoms with E-state index in [9.17, 15) is 5.11 Å². The zero-order valence-electron chi connectivity index (χ0n) is 15.6. The van der Waals surface area contributed by atoms with Crippen LogP contribution in [-0.2, 0) is 0 Å². The third-order valence-corrected chi connectivity index (χ3v) is 4.48. The quantitative estimate of drug-likeness (QED) is 0.382. The van der Waals surface area contributed by atoms with Gasteiger partial charge in [-0.1, -0.05) is 77.6 Å². The first kappa shape index (κ1) is 24.5. The van der Waals surface area contributed by atoms with E-state index in [2.05, 4.69) is 25.9 Å². The Labute approximate surface area is 146 Å². The Morgan fingerprint density at radius 3 is 1.55 bits per heavy atom. The Kier molecular flexibility index (Phi) is 19.5. The van der Waals surface area contributed by atoms with Gasteiger partial charge in [-0.25, -0.2) is 0 Å². The topological polar surface area (TPSA) is 23.5 Å². The van der Waals surface area contributed by atoms with Gasteiger partial charge in [0.25, 0.3) is 0 Å². The van der Waals surface area contributed by atoms with Crippen molar-refractivity contribution < 1.29 is 5.11 Å². The molecule has 2 nitrogen and oxygen atoms in total. The maximum Gasteiger partial charge on any atom is 0.0527 e. The Balaban J connectivity index is 0. The molecule has 136 valence electrons. The molecule has 0 radical (unpaired) electrons. The molecule has 0 aromatic rings. The van der Waals surface area contributed by atoms with Gasteiger partial charge in [0.2, 0.25) is 0 Å². The first-order chi connectivity index (χ1) is 10.1. The summed E-state index contributed by atoms with van der Waals surface area (Å²) in [5.74, 6) is 0. The minimum absolute atomic E-state index is 0. The highest BCUT2D eigenvalue weighted by Gasteiger charge is 2.13. The highest BCUT2D eigenvalue weighted by atomic mass is 35.5. The molecular weight excluding hydrogens is 294 g/mol. The van der Waals surface area contributed by atoms with Crippen molar-refractivity contribution in [2.75, 3.05) is 14.1 Å². The number of hydrogen-bond donors (Lipinski definition) is 1. The lowest BCUT2D eigenvalue weighted by Crippen LogP contribution is -2.31. The molecule has 0 saturated heterocycles. The molecule has 0 amide bonds. The Morgan fingerprint density at radius 2 is 1.18 bits per heavy atom. The smallest absolute Gasteiger partial charge is 0.0527 e. The molecule has 0 aliphatic carbocycles. The van der Waals surface area contributed by atoms with Crippen LogP contribution >= 0.6 is 12.4 Å². The zero-order valence-corrected chi connectivity index (χ0v) is 16.5. The van der Waals surface area contributed by atoms with E-state index in [1.54, 1.807) is 0 Å². The summed E-state index contributed by atoms with van der Waals surface area (Å²) in [6.45, 7) is 4.18. The number of aliphatic hydroxyl groups excluding tert-OH is 1. The van der Waals surface area contributed by atoms with Gasteiger partial charge in [0.15, 0.2) is 0 Å². The fraction of sp³-hybridized carbons (Fsp3) is 1.00. The van der Waals surface area contributed by atoms with E-state index < -0.39 is 0 Å². The summed E-state index contributed by atoms with van der Waals surface area (Å²) < 4.78 is 0. The molecule has 3 heteroatoms. The first-order valence-electron chi connectivity index (χ1n) is 9.42. The van der Waals surface area contributed by atoms with Crippen LogP contribution in [0, 0.1) is 0 Å². The number of halogens is 1. The predicted octanol–water partition coefficient (Wildman–Crippen LogP) is 5.81. The minimum atomic E-state index is -0.176. The van der Waals surface area contributed by atoms with Crippen LogP contribution in [0.3, 0.4) is 0 Å². The molecule has 0 aliphatic rings. The molecule has 0 rings (SSSR count). The lowest BCUT2D eigenvalue weighted by molar-refractivity contribution is 0.133. The highest BCUT2D eigenvalue weighted by Crippen LogP contribution is 2.15. The Bertz CT molecular complexity index is 210. The highest BCUT2D eigenvalue weighted by molar-refractivity contribution is 5.85. The van der Waals surface area contributed by atoms with Crippen LogP contribution < -0.4 is 0 Å². The van der Waals surface area contributed by atoms with Crippen LogP contribution in [0.5, 0.6) is 0 Å². The van der Waals surface area contributed by atoms with Crippen LogP contribution in [0.4, 0.5) is 0 Å². The maximum absolute atomic E-state index is 9.52. The summed E-state index contributed by atoms with van der Waals surface area (Å²) in [6, 6.07) is 0.545. The lowest BCUT2D eigenvalue weighted by atomic mass is 10.0. The number of hydrogen-bond acceptors (Lipinski definition) is 2. The van der Waals surface area contributed by atoms with Gasteiger partial charge >= 0.3 is 0 Å². The van der Waals surface area contributed by atoms with Crippen LogP contribution in [0.1, 0.15) is 97.3 Å². The van der Waals surface area contributed by atoms with Crippen molar-refractivity contribution in [3.63, 3.8) is 0 Å². The molecular formula is C19H42ClNO. The maximum atomic E-state index is 9.52. The Hall–Kier alpha value is 0.210. The number of rotatable bonds is 15. The van der Waals surface area contributed by atoms with Crippen LogP contribution in [-0.4, -0.2) is 36.2 Å². The molecule has 22 heavy (non-hydrogen) atoms. The van der Waals surface area contributed by atoms with Gasteiger partial charge in [0, 0.05) is 6.04 Å². The van der Waals surface area contributed by atoms with Gasteiger partial charge in [0.05, 0.1) is 6.10 Å². The van der Waals surface area contributed by atoms with E-state index in [1.165, 1.54) is 77.0 Å². The van der Waals surface area contributed by atoms with Crippen molar-refractivity contribution in [1.29, 1.82) is 0 Å². The fourth-order valence-electron chi connectivity index (χ4n) is 3.02. The second-order valence-corrected chi connectivity index (χ2v) is 7.03. The normalized spacial score (nSPS) is 13.9. The van der Waals surface area contributed by atoms with E-state index in [-0.39, 0.29) is 18.5 Å². The largest absolute Gasteiger partial charge is 0.393 e. The van der Waals surface area contributed by atoms with Crippen molar-refractivity contribution in [2.24, 2.45) is 0 Å². The van der Waals surface area contributed by atoms with Crippen molar-refractivity contribution in [2.45, 2.75) is 109 Å². The molecule has 0 heterocycles. The van der Waals surface area contributed by atoms with Crippen molar-refractivity contribution in [1.82, 2.24) is 4.90 Å². The van der Waals surface area contributed by atoms with Crippen molar-refractivity contribution >= 4 is 12.4 Å². The average Bonchev–Trinajstić information content (AvgIpc) is 2.42. The van der Waals surface area contributed by atoms with Gasteiger partial charge in [0.1, 0.15) is 0 Å². The third kappa shape index (κ3) is 16.6. The van der Waals surface area contributed by atoms with Crippen LogP contribution in [0.15, 0.2) is 0 Å². The van der Waals surface area contributed by atoms with E-state index in [1.807, 2.05) is 6.92 Å². The average molecular weight is 336 g/mol. The second kappa shape index (κ2) is 17.6.